The maximum absolute atomic E-state index is 5.66. The molecule has 0 aliphatic heterocycles. The first kappa shape index (κ1) is 11.6. The van der Waals surface area contributed by atoms with E-state index in [1.165, 1.54) is 5.56 Å². The molecular formula is C15H17NO. The van der Waals surface area contributed by atoms with Crippen molar-refractivity contribution in [3.05, 3.63) is 59.9 Å². The first-order valence-electron chi connectivity index (χ1n) is 5.88. The van der Waals surface area contributed by atoms with Gasteiger partial charge in [-0.2, -0.15) is 0 Å². The van der Waals surface area contributed by atoms with Crippen LogP contribution in [0.5, 0.6) is 5.75 Å². The van der Waals surface area contributed by atoms with Gasteiger partial charge in [-0.25, -0.2) is 0 Å². The fourth-order valence-electron chi connectivity index (χ4n) is 1.59. The molecule has 0 amide bonds. The van der Waals surface area contributed by atoms with Crippen LogP contribution in [0.25, 0.3) is 0 Å². The number of rotatable bonds is 4. The standard InChI is InChI=1S/C15H17NO/c1-12(2)13-6-8-15(9-7-13)17-11-14-5-3-4-10-16-14/h3-10,12H,11H2,1-2H3. The molecule has 0 atom stereocenters. The van der Waals surface area contributed by atoms with Crippen molar-refractivity contribution in [3.8, 4) is 5.75 Å². The fourth-order valence-corrected chi connectivity index (χ4v) is 1.59. The third-order valence-electron chi connectivity index (χ3n) is 2.66. The largest absolute Gasteiger partial charge is 0.487 e. The summed E-state index contributed by atoms with van der Waals surface area (Å²) in [5, 5.41) is 0. The minimum Gasteiger partial charge on any atom is -0.487 e. The predicted molar refractivity (Wildman–Crippen MR) is 69.1 cm³/mol. The Balaban J connectivity index is 1.96. The average molecular weight is 227 g/mol. The molecule has 2 aromatic rings. The van der Waals surface area contributed by atoms with Crippen molar-refractivity contribution < 1.29 is 4.74 Å². The van der Waals surface area contributed by atoms with Gasteiger partial charge in [0.15, 0.2) is 0 Å². The summed E-state index contributed by atoms with van der Waals surface area (Å²) < 4.78 is 5.66. The van der Waals surface area contributed by atoms with E-state index in [2.05, 4.69) is 31.0 Å². The van der Waals surface area contributed by atoms with Gasteiger partial charge < -0.3 is 4.74 Å². The Morgan fingerprint density at radius 1 is 1.06 bits per heavy atom. The molecule has 0 spiro atoms. The van der Waals surface area contributed by atoms with Gasteiger partial charge in [-0.15, -0.1) is 0 Å². The van der Waals surface area contributed by atoms with Gasteiger partial charge in [0.1, 0.15) is 12.4 Å². The molecule has 88 valence electrons. The molecule has 2 heteroatoms. The van der Waals surface area contributed by atoms with Gasteiger partial charge in [0.2, 0.25) is 0 Å². The lowest BCUT2D eigenvalue weighted by molar-refractivity contribution is 0.301. The van der Waals surface area contributed by atoms with Gasteiger partial charge in [-0.05, 0) is 35.7 Å². The van der Waals surface area contributed by atoms with Crippen LogP contribution in [0.3, 0.4) is 0 Å². The minimum absolute atomic E-state index is 0.516. The summed E-state index contributed by atoms with van der Waals surface area (Å²) in [6.07, 6.45) is 1.78. The van der Waals surface area contributed by atoms with E-state index in [9.17, 15) is 0 Å². The highest BCUT2D eigenvalue weighted by Crippen LogP contribution is 2.19. The second-order valence-corrected chi connectivity index (χ2v) is 4.33. The highest BCUT2D eigenvalue weighted by Gasteiger charge is 2.00. The number of aromatic nitrogens is 1. The first-order chi connectivity index (χ1) is 8.25. The number of hydrogen-bond donors (Lipinski definition) is 0. The number of hydrogen-bond acceptors (Lipinski definition) is 2. The van der Waals surface area contributed by atoms with E-state index in [0.29, 0.717) is 12.5 Å². The van der Waals surface area contributed by atoms with Crippen molar-refractivity contribution in [2.24, 2.45) is 0 Å². The third kappa shape index (κ3) is 3.31. The van der Waals surface area contributed by atoms with Crippen LogP contribution in [0.4, 0.5) is 0 Å². The zero-order chi connectivity index (χ0) is 12.1. The summed E-state index contributed by atoms with van der Waals surface area (Å²) >= 11 is 0. The molecule has 0 saturated heterocycles. The molecule has 0 aliphatic rings. The van der Waals surface area contributed by atoms with Crippen LogP contribution in [0.1, 0.15) is 31.0 Å². The van der Waals surface area contributed by atoms with Gasteiger partial charge in [0, 0.05) is 6.20 Å². The molecule has 0 fully saturated rings. The molecule has 0 N–H and O–H groups in total. The number of benzene rings is 1. The molecule has 0 bridgehead atoms. The van der Waals surface area contributed by atoms with Crippen LogP contribution in [0, 0.1) is 0 Å². The summed E-state index contributed by atoms with van der Waals surface area (Å²) in [6, 6.07) is 14.1. The molecule has 2 nitrogen and oxygen atoms in total. The number of ether oxygens (including phenoxy) is 1. The van der Waals surface area contributed by atoms with E-state index in [1.807, 2.05) is 30.3 Å². The Bertz CT molecular complexity index is 448. The topological polar surface area (TPSA) is 22.1 Å². The smallest absolute Gasteiger partial charge is 0.130 e. The van der Waals surface area contributed by atoms with E-state index in [0.717, 1.165) is 11.4 Å². The van der Waals surface area contributed by atoms with Crippen molar-refractivity contribution in [2.45, 2.75) is 26.4 Å². The second kappa shape index (κ2) is 5.48. The van der Waals surface area contributed by atoms with E-state index in [4.69, 9.17) is 4.74 Å². The Morgan fingerprint density at radius 3 is 2.41 bits per heavy atom. The summed E-state index contributed by atoms with van der Waals surface area (Å²) in [5.74, 6) is 1.44. The van der Waals surface area contributed by atoms with E-state index >= 15 is 0 Å². The molecule has 0 aliphatic carbocycles. The van der Waals surface area contributed by atoms with Crippen molar-refractivity contribution in [3.63, 3.8) is 0 Å². The normalized spacial score (nSPS) is 10.5. The molecule has 2 rings (SSSR count). The Kier molecular flexibility index (Phi) is 3.76. The van der Waals surface area contributed by atoms with Crippen LogP contribution in [-0.4, -0.2) is 4.98 Å². The van der Waals surface area contributed by atoms with Crippen molar-refractivity contribution in [1.29, 1.82) is 0 Å². The Hall–Kier alpha value is -1.83. The lowest BCUT2D eigenvalue weighted by Gasteiger charge is -2.08. The maximum atomic E-state index is 5.66. The molecule has 0 unspecified atom stereocenters. The van der Waals surface area contributed by atoms with Gasteiger partial charge >= 0.3 is 0 Å². The van der Waals surface area contributed by atoms with Crippen LogP contribution >= 0.6 is 0 Å². The SMILES string of the molecule is CC(C)c1ccc(OCc2ccccn2)cc1. The van der Waals surface area contributed by atoms with Crippen molar-refractivity contribution in [2.75, 3.05) is 0 Å². The number of nitrogens with zero attached hydrogens (tertiary/aromatic N) is 1. The van der Waals surface area contributed by atoms with E-state index < -0.39 is 0 Å². The second-order valence-electron chi connectivity index (χ2n) is 4.33. The molecule has 1 aromatic carbocycles. The Labute approximate surface area is 102 Å². The quantitative estimate of drug-likeness (QED) is 0.793. The van der Waals surface area contributed by atoms with E-state index in [-0.39, 0.29) is 0 Å². The zero-order valence-corrected chi connectivity index (χ0v) is 10.3. The van der Waals surface area contributed by atoms with Gasteiger partial charge in [-0.1, -0.05) is 32.0 Å². The lowest BCUT2D eigenvalue weighted by Crippen LogP contribution is -1.97. The van der Waals surface area contributed by atoms with Crippen LogP contribution in [0.2, 0.25) is 0 Å². The number of pyridine rings is 1. The van der Waals surface area contributed by atoms with Crippen molar-refractivity contribution in [1.82, 2.24) is 4.98 Å². The van der Waals surface area contributed by atoms with E-state index in [1.54, 1.807) is 6.20 Å². The Morgan fingerprint density at radius 2 is 1.82 bits per heavy atom. The summed E-state index contributed by atoms with van der Waals surface area (Å²) in [4.78, 5) is 4.21. The van der Waals surface area contributed by atoms with Crippen LogP contribution < -0.4 is 4.74 Å². The minimum atomic E-state index is 0.516. The molecule has 1 aromatic heterocycles. The van der Waals surface area contributed by atoms with Gasteiger partial charge in [-0.3, -0.25) is 4.98 Å². The van der Waals surface area contributed by atoms with Gasteiger partial charge in [0.05, 0.1) is 5.69 Å². The molecular weight excluding hydrogens is 210 g/mol. The zero-order valence-electron chi connectivity index (χ0n) is 10.3. The monoisotopic (exact) mass is 227 g/mol. The highest BCUT2D eigenvalue weighted by atomic mass is 16.5. The third-order valence-corrected chi connectivity index (χ3v) is 2.66. The lowest BCUT2D eigenvalue weighted by atomic mass is 10.0. The summed E-state index contributed by atoms with van der Waals surface area (Å²) in [7, 11) is 0. The summed E-state index contributed by atoms with van der Waals surface area (Å²) in [6.45, 7) is 4.88. The maximum Gasteiger partial charge on any atom is 0.130 e. The average Bonchev–Trinajstić information content (AvgIpc) is 2.38. The van der Waals surface area contributed by atoms with Crippen LogP contribution in [0.15, 0.2) is 48.7 Å². The van der Waals surface area contributed by atoms with Crippen LogP contribution in [-0.2, 0) is 6.61 Å². The van der Waals surface area contributed by atoms with Crippen molar-refractivity contribution >= 4 is 0 Å². The predicted octanol–water partition coefficient (Wildman–Crippen LogP) is 3.78. The van der Waals surface area contributed by atoms with Gasteiger partial charge in [0.25, 0.3) is 0 Å². The molecule has 0 saturated carbocycles. The summed E-state index contributed by atoms with van der Waals surface area (Å²) in [5.41, 5.74) is 2.27. The molecule has 1 heterocycles. The fraction of sp³-hybridized carbons (Fsp3) is 0.267. The molecule has 17 heavy (non-hydrogen) atoms. The highest BCUT2D eigenvalue weighted by molar-refractivity contribution is 5.29. The molecule has 0 radical (unpaired) electrons. The first-order valence-corrected chi connectivity index (χ1v) is 5.88.